The van der Waals surface area contributed by atoms with E-state index in [1.165, 1.54) is 12.0 Å². The fourth-order valence-electron chi connectivity index (χ4n) is 4.13. The maximum Gasteiger partial charge on any atom is 0.222 e. The Hall–Kier alpha value is -1.14. The summed E-state index contributed by atoms with van der Waals surface area (Å²) in [6.07, 6.45) is 5.93. The van der Waals surface area contributed by atoms with E-state index in [0.29, 0.717) is 18.4 Å². The van der Waals surface area contributed by atoms with Crippen molar-refractivity contribution in [1.29, 1.82) is 0 Å². The van der Waals surface area contributed by atoms with Gasteiger partial charge in [0.05, 0.1) is 13.2 Å². The highest BCUT2D eigenvalue weighted by molar-refractivity contribution is 5.85. The number of aryl methyl sites for hydroxylation is 1. The molecule has 0 saturated carbocycles. The van der Waals surface area contributed by atoms with Crippen molar-refractivity contribution in [1.82, 2.24) is 15.1 Å². The number of hydrogen-bond donors (Lipinski definition) is 1. The van der Waals surface area contributed by atoms with Crippen molar-refractivity contribution in [2.45, 2.75) is 44.6 Å². The second-order valence-electron chi connectivity index (χ2n) is 7.73. The van der Waals surface area contributed by atoms with Crippen molar-refractivity contribution in [3.8, 4) is 0 Å². The maximum atomic E-state index is 13.0. The van der Waals surface area contributed by atoms with Crippen LogP contribution in [0.1, 0.15) is 37.7 Å². The van der Waals surface area contributed by atoms with E-state index in [2.05, 4.69) is 39.4 Å². The van der Waals surface area contributed by atoms with Gasteiger partial charge in [0.15, 0.2) is 0 Å². The maximum absolute atomic E-state index is 13.0. The van der Waals surface area contributed by atoms with Gasteiger partial charge in [-0.3, -0.25) is 9.69 Å². The zero-order chi connectivity index (χ0) is 18.7. The number of carbonyl (C=O) groups is 1. The van der Waals surface area contributed by atoms with Gasteiger partial charge in [-0.1, -0.05) is 30.3 Å². The lowest BCUT2D eigenvalue weighted by molar-refractivity contribution is -0.134. The van der Waals surface area contributed by atoms with E-state index in [9.17, 15) is 4.79 Å². The predicted molar refractivity (Wildman–Crippen MR) is 116 cm³/mol. The summed E-state index contributed by atoms with van der Waals surface area (Å²) in [5, 5.41) is 3.47. The molecule has 1 atom stereocenters. The second-order valence-corrected chi connectivity index (χ2v) is 7.73. The van der Waals surface area contributed by atoms with Crippen LogP contribution < -0.4 is 5.32 Å². The van der Waals surface area contributed by atoms with Crippen molar-refractivity contribution < 1.29 is 9.53 Å². The van der Waals surface area contributed by atoms with E-state index >= 15 is 0 Å². The van der Waals surface area contributed by atoms with E-state index < -0.39 is 0 Å². The minimum Gasteiger partial charge on any atom is -0.379 e. The molecular formula is C22H36ClN3O2. The molecule has 1 N–H and O–H groups in total. The minimum atomic E-state index is 0. The molecule has 2 saturated heterocycles. The average molecular weight is 410 g/mol. The van der Waals surface area contributed by atoms with Crippen molar-refractivity contribution >= 4 is 18.3 Å². The molecule has 0 aliphatic carbocycles. The first-order valence-corrected chi connectivity index (χ1v) is 10.7. The molecule has 1 unspecified atom stereocenters. The molecule has 1 aromatic carbocycles. The van der Waals surface area contributed by atoms with Crippen LogP contribution in [0.5, 0.6) is 0 Å². The number of rotatable bonds is 9. The predicted octanol–water partition coefficient (Wildman–Crippen LogP) is 2.73. The van der Waals surface area contributed by atoms with Crippen molar-refractivity contribution in [3.63, 3.8) is 0 Å². The summed E-state index contributed by atoms with van der Waals surface area (Å²) in [4.78, 5) is 17.6. The Morgan fingerprint density at radius 2 is 1.96 bits per heavy atom. The van der Waals surface area contributed by atoms with E-state index in [1.807, 2.05) is 6.07 Å². The number of morpholine rings is 1. The van der Waals surface area contributed by atoms with Gasteiger partial charge in [0.1, 0.15) is 0 Å². The van der Waals surface area contributed by atoms with Crippen LogP contribution in [0, 0.1) is 0 Å². The normalized spacial score (nSPS) is 20.4. The molecule has 5 nitrogen and oxygen atoms in total. The highest BCUT2D eigenvalue weighted by Crippen LogP contribution is 2.15. The number of piperidine rings is 1. The van der Waals surface area contributed by atoms with Crippen LogP contribution in [0.25, 0.3) is 0 Å². The summed E-state index contributed by atoms with van der Waals surface area (Å²) in [5.74, 6) is 0.335. The zero-order valence-corrected chi connectivity index (χ0v) is 17.8. The van der Waals surface area contributed by atoms with Crippen LogP contribution in [-0.4, -0.2) is 74.2 Å². The van der Waals surface area contributed by atoms with Crippen LogP contribution in [0.4, 0.5) is 0 Å². The van der Waals surface area contributed by atoms with Gasteiger partial charge in [-0.15, -0.1) is 12.4 Å². The highest BCUT2D eigenvalue weighted by Gasteiger charge is 2.25. The molecule has 1 amide bonds. The third-order valence-electron chi connectivity index (χ3n) is 5.71. The fraction of sp³-hybridized carbons (Fsp3) is 0.682. The van der Waals surface area contributed by atoms with Gasteiger partial charge >= 0.3 is 0 Å². The molecule has 1 aromatic rings. The number of benzene rings is 1. The number of amides is 1. The van der Waals surface area contributed by atoms with Gasteiger partial charge < -0.3 is 15.0 Å². The van der Waals surface area contributed by atoms with Gasteiger partial charge in [0, 0.05) is 45.2 Å². The van der Waals surface area contributed by atoms with Gasteiger partial charge in [0.2, 0.25) is 5.91 Å². The highest BCUT2D eigenvalue weighted by atomic mass is 35.5. The summed E-state index contributed by atoms with van der Waals surface area (Å²) in [6.45, 7) is 7.71. The molecule has 2 aliphatic rings. The first-order valence-electron chi connectivity index (χ1n) is 10.7. The minimum absolute atomic E-state index is 0. The Kier molecular flexibility index (Phi) is 10.9. The molecule has 0 aromatic heterocycles. The van der Waals surface area contributed by atoms with Gasteiger partial charge in [-0.2, -0.15) is 0 Å². The fourth-order valence-corrected chi connectivity index (χ4v) is 4.13. The van der Waals surface area contributed by atoms with E-state index in [1.54, 1.807) is 0 Å². The molecule has 0 radical (unpaired) electrons. The second kappa shape index (κ2) is 13.2. The Balaban J connectivity index is 0.00000280. The molecule has 3 rings (SSSR count). The Morgan fingerprint density at radius 1 is 1.18 bits per heavy atom. The monoisotopic (exact) mass is 409 g/mol. The standard InChI is InChI=1S/C22H35N3O2.ClH/c26-22(11-4-9-20-7-2-1-3-8-20)25(21-10-5-12-23-19-21)14-6-13-24-15-17-27-18-16-24;/h1-3,7-8,21,23H,4-6,9-19H2;1H. The van der Waals surface area contributed by atoms with E-state index in [-0.39, 0.29) is 12.4 Å². The summed E-state index contributed by atoms with van der Waals surface area (Å²) in [7, 11) is 0. The number of nitrogens with one attached hydrogen (secondary N) is 1. The molecule has 6 heteroatoms. The lowest BCUT2D eigenvalue weighted by atomic mass is 10.0. The van der Waals surface area contributed by atoms with Crippen molar-refractivity contribution in [3.05, 3.63) is 35.9 Å². The summed E-state index contributed by atoms with van der Waals surface area (Å²) < 4.78 is 5.43. The molecule has 0 bridgehead atoms. The molecule has 158 valence electrons. The molecule has 2 heterocycles. The smallest absolute Gasteiger partial charge is 0.222 e. The lowest BCUT2D eigenvalue weighted by Crippen LogP contribution is -2.49. The third-order valence-corrected chi connectivity index (χ3v) is 5.71. The first-order chi connectivity index (χ1) is 13.3. The van der Waals surface area contributed by atoms with Crippen LogP contribution in [-0.2, 0) is 16.0 Å². The van der Waals surface area contributed by atoms with E-state index in [0.717, 1.165) is 78.2 Å². The zero-order valence-electron chi connectivity index (χ0n) is 17.0. The summed E-state index contributed by atoms with van der Waals surface area (Å²) in [6, 6.07) is 10.9. The van der Waals surface area contributed by atoms with Crippen LogP contribution in [0.2, 0.25) is 0 Å². The number of nitrogens with zero attached hydrogens (tertiary/aromatic N) is 2. The molecule has 28 heavy (non-hydrogen) atoms. The lowest BCUT2D eigenvalue weighted by Gasteiger charge is -2.36. The molecule has 2 aliphatic heterocycles. The van der Waals surface area contributed by atoms with Crippen LogP contribution in [0.15, 0.2) is 30.3 Å². The quantitative estimate of drug-likeness (QED) is 0.681. The van der Waals surface area contributed by atoms with E-state index in [4.69, 9.17) is 4.74 Å². The first kappa shape index (κ1) is 23.1. The van der Waals surface area contributed by atoms with Crippen molar-refractivity contribution in [2.75, 3.05) is 52.5 Å². The molecule has 0 spiro atoms. The third kappa shape index (κ3) is 7.70. The number of ether oxygens (including phenoxy) is 1. The summed E-state index contributed by atoms with van der Waals surface area (Å²) >= 11 is 0. The Labute approximate surface area is 176 Å². The summed E-state index contributed by atoms with van der Waals surface area (Å²) in [5.41, 5.74) is 1.32. The van der Waals surface area contributed by atoms with Crippen LogP contribution in [0.3, 0.4) is 0 Å². The van der Waals surface area contributed by atoms with Crippen LogP contribution >= 0.6 is 12.4 Å². The molecular weight excluding hydrogens is 374 g/mol. The molecule has 2 fully saturated rings. The topological polar surface area (TPSA) is 44.8 Å². The average Bonchev–Trinajstić information content (AvgIpc) is 2.73. The number of halogens is 1. The van der Waals surface area contributed by atoms with Gasteiger partial charge in [0.25, 0.3) is 0 Å². The van der Waals surface area contributed by atoms with Gasteiger partial charge in [-0.25, -0.2) is 0 Å². The number of carbonyl (C=O) groups excluding carboxylic acids is 1. The van der Waals surface area contributed by atoms with Crippen molar-refractivity contribution in [2.24, 2.45) is 0 Å². The SMILES string of the molecule is Cl.O=C(CCCc1ccccc1)N(CCCN1CCOCC1)C1CCCNC1. The number of hydrogen-bond acceptors (Lipinski definition) is 4. The van der Waals surface area contributed by atoms with Gasteiger partial charge in [-0.05, 0) is 44.2 Å². The largest absolute Gasteiger partial charge is 0.379 e. The Morgan fingerprint density at radius 3 is 2.68 bits per heavy atom. The Bertz CT molecular complexity index is 546.